The average Bonchev–Trinajstić information content (AvgIpc) is 3.16. The van der Waals surface area contributed by atoms with Crippen LogP contribution in [-0.4, -0.2) is 31.4 Å². The number of benzene rings is 2. The molecule has 0 saturated carbocycles. The molecule has 1 aliphatic rings. The van der Waals surface area contributed by atoms with E-state index in [0.717, 1.165) is 23.2 Å². The molecule has 4 rings (SSSR count). The fourth-order valence-corrected chi connectivity index (χ4v) is 4.65. The zero-order chi connectivity index (χ0) is 19.0. The van der Waals surface area contributed by atoms with Crippen LogP contribution in [-0.2, 0) is 6.42 Å². The van der Waals surface area contributed by atoms with Gasteiger partial charge < -0.3 is 9.80 Å². The summed E-state index contributed by atoms with van der Waals surface area (Å²) < 4.78 is 0. The van der Waals surface area contributed by atoms with Gasteiger partial charge in [-0.2, -0.15) is 0 Å². The molecule has 1 aliphatic heterocycles. The number of thiophene rings is 1. The lowest BCUT2D eigenvalue weighted by molar-refractivity contribution is 0.0696. The first-order valence-corrected chi connectivity index (χ1v) is 10.2. The molecule has 0 fully saturated rings. The van der Waals surface area contributed by atoms with Crippen LogP contribution < -0.4 is 4.90 Å². The zero-order valence-corrected chi connectivity index (χ0v) is 16.9. The van der Waals surface area contributed by atoms with Crippen molar-refractivity contribution in [3.8, 4) is 0 Å². The third-order valence-electron chi connectivity index (χ3n) is 5.02. The second-order valence-electron chi connectivity index (χ2n) is 6.95. The maximum absolute atomic E-state index is 13.4. The monoisotopic (exact) mass is 396 g/mol. The molecule has 1 unspecified atom stereocenters. The highest BCUT2D eigenvalue weighted by molar-refractivity contribution is 7.10. The number of anilines is 1. The van der Waals surface area contributed by atoms with E-state index in [1.54, 1.807) is 11.3 Å². The van der Waals surface area contributed by atoms with Gasteiger partial charge in [-0.1, -0.05) is 29.8 Å². The van der Waals surface area contributed by atoms with Gasteiger partial charge in [-0.15, -0.1) is 11.3 Å². The van der Waals surface area contributed by atoms with E-state index >= 15 is 0 Å². The van der Waals surface area contributed by atoms with Gasteiger partial charge in [-0.05, 0) is 59.3 Å². The summed E-state index contributed by atoms with van der Waals surface area (Å²) in [6.45, 7) is 0.714. The number of nitrogens with zero attached hydrogens (tertiary/aromatic N) is 2. The smallest absolute Gasteiger partial charge is 0.254 e. The van der Waals surface area contributed by atoms with Crippen molar-refractivity contribution in [1.29, 1.82) is 0 Å². The summed E-state index contributed by atoms with van der Waals surface area (Å²) in [5, 5.41) is 2.82. The van der Waals surface area contributed by atoms with Crippen LogP contribution in [0.1, 0.15) is 32.4 Å². The molecule has 0 bridgehead atoms. The molecule has 0 radical (unpaired) electrons. The molecule has 27 heavy (non-hydrogen) atoms. The van der Waals surface area contributed by atoms with E-state index in [1.807, 2.05) is 72.4 Å². The van der Waals surface area contributed by atoms with Crippen LogP contribution in [0, 0.1) is 0 Å². The summed E-state index contributed by atoms with van der Waals surface area (Å²) >= 11 is 7.86. The Kier molecular flexibility index (Phi) is 4.94. The maximum Gasteiger partial charge on any atom is 0.254 e. The molecule has 0 aliphatic carbocycles. The minimum atomic E-state index is -0.0761. The molecule has 1 amide bonds. The number of carbonyl (C=O) groups is 1. The number of halogens is 1. The normalized spacial score (nSPS) is 16.1. The summed E-state index contributed by atoms with van der Waals surface area (Å²) in [6, 6.07) is 17.7. The summed E-state index contributed by atoms with van der Waals surface area (Å²) in [6.07, 6.45) is 0.899. The van der Waals surface area contributed by atoms with Crippen molar-refractivity contribution in [3.05, 3.63) is 86.6 Å². The highest BCUT2D eigenvalue weighted by Crippen LogP contribution is 2.39. The topological polar surface area (TPSA) is 23.6 Å². The zero-order valence-electron chi connectivity index (χ0n) is 15.4. The van der Waals surface area contributed by atoms with Crippen LogP contribution in [0.15, 0.2) is 60.0 Å². The Morgan fingerprint density at radius 3 is 2.67 bits per heavy atom. The van der Waals surface area contributed by atoms with Crippen LogP contribution >= 0.6 is 22.9 Å². The third-order valence-corrected chi connectivity index (χ3v) is 6.27. The van der Waals surface area contributed by atoms with Gasteiger partial charge in [0.1, 0.15) is 0 Å². The lowest BCUT2D eigenvalue weighted by Crippen LogP contribution is -2.40. The van der Waals surface area contributed by atoms with Gasteiger partial charge >= 0.3 is 0 Å². The number of amides is 1. The first kappa shape index (κ1) is 18.1. The minimum Gasteiger partial charge on any atom is -0.378 e. The summed E-state index contributed by atoms with van der Waals surface area (Å²) in [7, 11) is 3.97. The van der Waals surface area contributed by atoms with Crippen molar-refractivity contribution in [1.82, 2.24) is 4.90 Å². The Morgan fingerprint density at radius 2 is 1.93 bits per heavy atom. The largest absolute Gasteiger partial charge is 0.378 e. The highest BCUT2D eigenvalue weighted by Gasteiger charge is 2.33. The molecule has 138 valence electrons. The van der Waals surface area contributed by atoms with Gasteiger partial charge in [0, 0.05) is 41.8 Å². The molecule has 2 aromatic carbocycles. The Morgan fingerprint density at radius 1 is 1.15 bits per heavy atom. The lowest BCUT2D eigenvalue weighted by atomic mass is 9.92. The van der Waals surface area contributed by atoms with Gasteiger partial charge in [-0.25, -0.2) is 0 Å². The van der Waals surface area contributed by atoms with Crippen molar-refractivity contribution in [2.24, 2.45) is 0 Å². The van der Waals surface area contributed by atoms with Crippen molar-refractivity contribution in [2.45, 2.75) is 12.5 Å². The molecule has 1 atom stereocenters. The predicted molar refractivity (Wildman–Crippen MR) is 113 cm³/mol. The molecule has 0 spiro atoms. The van der Waals surface area contributed by atoms with Crippen LogP contribution in [0.3, 0.4) is 0 Å². The second-order valence-corrected chi connectivity index (χ2v) is 8.38. The molecular weight excluding hydrogens is 376 g/mol. The van der Waals surface area contributed by atoms with E-state index in [1.165, 1.54) is 10.4 Å². The molecule has 2 heterocycles. The quantitative estimate of drug-likeness (QED) is 0.603. The van der Waals surface area contributed by atoms with Gasteiger partial charge in [0.05, 0.1) is 6.04 Å². The number of fused-ring (bicyclic) bond motifs is 1. The first-order valence-electron chi connectivity index (χ1n) is 8.94. The minimum absolute atomic E-state index is 0.0653. The maximum atomic E-state index is 13.4. The van der Waals surface area contributed by atoms with Crippen LogP contribution in [0.2, 0.25) is 5.02 Å². The number of hydrogen-bond donors (Lipinski definition) is 0. The van der Waals surface area contributed by atoms with E-state index in [9.17, 15) is 4.79 Å². The second kappa shape index (κ2) is 7.37. The lowest BCUT2D eigenvalue weighted by Gasteiger charge is -2.36. The molecular formula is C22H21ClN2OS. The first-order chi connectivity index (χ1) is 13.0. The van der Waals surface area contributed by atoms with Crippen LogP contribution in [0.5, 0.6) is 0 Å². The van der Waals surface area contributed by atoms with E-state index in [2.05, 4.69) is 11.4 Å². The van der Waals surface area contributed by atoms with Gasteiger partial charge in [0.15, 0.2) is 0 Å². The van der Waals surface area contributed by atoms with E-state index in [-0.39, 0.29) is 11.9 Å². The summed E-state index contributed by atoms with van der Waals surface area (Å²) in [4.78, 5) is 18.8. The Balaban J connectivity index is 1.75. The molecule has 1 aromatic heterocycles. The Labute approximate surface area is 168 Å². The number of hydrogen-bond acceptors (Lipinski definition) is 3. The number of carbonyl (C=O) groups excluding carboxylic acids is 1. The Bertz CT molecular complexity index is 964. The predicted octanol–water partition coefficient (Wildman–Crippen LogP) is 5.26. The van der Waals surface area contributed by atoms with Crippen LogP contribution in [0.4, 0.5) is 5.69 Å². The SMILES string of the molecule is CN(C)c1cccc(C(=O)N2CCc3sccc3C2c2ccc(Cl)cc2)c1. The van der Waals surface area contributed by atoms with E-state index in [4.69, 9.17) is 11.6 Å². The third kappa shape index (κ3) is 3.47. The number of rotatable bonds is 3. The average molecular weight is 397 g/mol. The Hall–Kier alpha value is -2.30. The molecule has 0 N–H and O–H groups in total. The van der Waals surface area contributed by atoms with Crippen molar-refractivity contribution >= 4 is 34.5 Å². The summed E-state index contributed by atoms with van der Waals surface area (Å²) in [5.74, 6) is 0.0653. The summed E-state index contributed by atoms with van der Waals surface area (Å²) in [5.41, 5.74) is 4.07. The van der Waals surface area contributed by atoms with Crippen LogP contribution in [0.25, 0.3) is 0 Å². The van der Waals surface area contributed by atoms with Gasteiger partial charge in [0.2, 0.25) is 0 Å². The van der Waals surface area contributed by atoms with E-state index < -0.39 is 0 Å². The van der Waals surface area contributed by atoms with Crippen molar-refractivity contribution < 1.29 is 4.79 Å². The fraction of sp³-hybridized carbons (Fsp3) is 0.227. The van der Waals surface area contributed by atoms with Gasteiger partial charge in [0.25, 0.3) is 5.91 Å². The van der Waals surface area contributed by atoms with Gasteiger partial charge in [-0.3, -0.25) is 4.79 Å². The van der Waals surface area contributed by atoms with Crippen molar-refractivity contribution in [2.75, 3.05) is 25.5 Å². The highest BCUT2D eigenvalue weighted by atomic mass is 35.5. The molecule has 0 saturated heterocycles. The molecule has 3 aromatic rings. The standard InChI is InChI=1S/C22H21ClN2OS/c1-24(2)18-5-3-4-16(14-18)22(26)25-12-10-20-19(11-13-27-20)21(25)15-6-8-17(23)9-7-15/h3-9,11,13-14,21H,10,12H2,1-2H3. The van der Waals surface area contributed by atoms with Crippen molar-refractivity contribution in [3.63, 3.8) is 0 Å². The molecule has 5 heteroatoms. The fourth-order valence-electron chi connectivity index (χ4n) is 3.62. The van der Waals surface area contributed by atoms with E-state index in [0.29, 0.717) is 11.6 Å². The molecule has 3 nitrogen and oxygen atoms in total.